The molecule has 3 atom stereocenters. The van der Waals surface area contributed by atoms with Crippen molar-refractivity contribution in [1.82, 2.24) is 5.32 Å². The Morgan fingerprint density at radius 2 is 1.79 bits per heavy atom. The minimum absolute atomic E-state index is 0.475. The van der Waals surface area contributed by atoms with Gasteiger partial charge in [-0.15, -0.1) is 0 Å². The van der Waals surface area contributed by atoms with Crippen LogP contribution in [-0.4, -0.2) is 25.8 Å². The Hall–Kier alpha value is -0.0800. The highest BCUT2D eigenvalue weighted by Crippen LogP contribution is 2.30. The lowest BCUT2D eigenvalue weighted by atomic mass is 9.82. The Morgan fingerprint density at radius 1 is 1.21 bits per heavy atom. The average molecular weight is 199 g/mol. The summed E-state index contributed by atoms with van der Waals surface area (Å²) in [6.07, 6.45) is 4.38. The first-order valence-corrected chi connectivity index (χ1v) is 5.90. The molecule has 2 nitrogen and oxygen atoms in total. The summed E-state index contributed by atoms with van der Waals surface area (Å²) in [5.74, 6) is 1.68. The van der Waals surface area contributed by atoms with E-state index in [0.29, 0.717) is 12.1 Å². The first kappa shape index (κ1) is 12.0. The van der Waals surface area contributed by atoms with Gasteiger partial charge in [-0.1, -0.05) is 13.8 Å². The van der Waals surface area contributed by atoms with Gasteiger partial charge in [0.15, 0.2) is 0 Å². The molecule has 2 heteroatoms. The van der Waals surface area contributed by atoms with Crippen molar-refractivity contribution in [1.29, 1.82) is 0 Å². The molecule has 0 aromatic carbocycles. The summed E-state index contributed by atoms with van der Waals surface area (Å²) < 4.78 is 5.91. The van der Waals surface area contributed by atoms with Crippen LogP contribution in [0.3, 0.4) is 0 Å². The van der Waals surface area contributed by atoms with Gasteiger partial charge in [-0.2, -0.15) is 0 Å². The summed E-state index contributed by atoms with van der Waals surface area (Å²) in [7, 11) is 1.99. The van der Waals surface area contributed by atoms with Crippen molar-refractivity contribution in [3.8, 4) is 0 Å². The zero-order chi connectivity index (χ0) is 10.6. The maximum atomic E-state index is 5.91. The third-order valence-corrected chi connectivity index (χ3v) is 3.21. The molecule has 0 aromatic heterocycles. The number of hydrogen-bond acceptors (Lipinski definition) is 2. The van der Waals surface area contributed by atoms with Crippen LogP contribution in [0.15, 0.2) is 0 Å². The Bertz CT molecular complexity index is 150. The van der Waals surface area contributed by atoms with Crippen molar-refractivity contribution in [2.24, 2.45) is 11.8 Å². The molecule has 0 bridgehead atoms. The first-order chi connectivity index (χ1) is 6.61. The van der Waals surface area contributed by atoms with E-state index >= 15 is 0 Å². The van der Waals surface area contributed by atoms with Crippen molar-refractivity contribution >= 4 is 0 Å². The second-order valence-corrected chi connectivity index (χ2v) is 5.06. The van der Waals surface area contributed by atoms with E-state index in [2.05, 4.69) is 26.1 Å². The number of hydrogen-bond donors (Lipinski definition) is 1. The lowest BCUT2D eigenvalue weighted by Gasteiger charge is -2.32. The van der Waals surface area contributed by atoms with Crippen LogP contribution in [0.4, 0.5) is 0 Å². The predicted molar refractivity (Wildman–Crippen MR) is 60.4 cm³/mol. The number of nitrogens with one attached hydrogen (secondary N) is 1. The molecule has 1 rings (SSSR count). The molecule has 1 N–H and O–H groups in total. The number of likely N-dealkylation sites (N-methyl/N-ethyl adjacent to an activating group) is 1. The monoisotopic (exact) mass is 199 g/mol. The molecular formula is C12H25NO. The summed E-state index contributed by atoms with van der Waals surface area (Å²) in [4.78, 5) is 0. The molecule has 0 aliphatic heterocycles. The molecule has 1 fully saturated rings. The second-order valence-electron chi connectivity index (χ2n) is 5.06. The predicted octanol–water partition coefficient (Wildman–Crippen LogP) is 2.44. The second kappa shape index (κ2) is 5.72. The van der Waals surface area contributed by atoms with Gasteiger partial charge in [-0.05, 0) is 45.1 Å². The van der Waals surface area contributed by atoms with Gasteiger partial charge in [-0.25, -0.2) is 0 Å². The zero-order valence-electron chi connectivity index (χ0n) is 10.0. The molecule has 0 spiro atoms. The highest BCUT2D eigenvalue weighted by molar-refractivity contribution is 4.75. The van der Waals surface area contributed by atoms with Crippen LogP contribution in [0.5, 0.6) is 0 Å². The van der Waals surface area contributed by atoms with E-state index < -0.39 is 0 Å². The molecule has 14 heavy (non-hydrogen) atoms. The molecule has 1 aliphatic carbocycles. The summed E-state index contributed by atoms with van der Waals surface area (Å²) in [6, 6.07) is 0.475. The third-order valence-electron chi connectivity index (χ3n) is 3.21. The van der Waals surface area contributed by atoms with Crippen molar-refractivity contribution in [2.75, 3.05) is 13.7 Å². The topological polar surface area (TPSA) is 21.3 Å². The van der Waals surface area contributed by atoms with Crippen molar-refractivity contribution < 1.29 is 4.74 Å². The van der Waals surface area contributed by atoms with E-state index in [4.69, 9.17) is 4.74 Å². The highest BCUT2D eigenvalue weighted by Gasteiger charge is 2.24. The smallest absolute Gasteiger partial charge is 0.0620 e. The number of ether oxygens (including phenoxy) is 1. The van der Waals surface area contributed by atoms with E-state index in [-0.39, 0.29) is 0 Å². The Balaban J connectivity index is 2.23. The normalized spacial score (nSPS) is 35.6. The van der Waals surface area contributed by atoms with Crippen molar-refractivity contribution in [3.63, 3.8) is 0 Å². The molecule has 0 saturated heterocycles. The van der Waals surface area contributed by atoms with Gasteiger partial charge in [0.2, 0.25) is 0 Å². The summed E-state index contributed by atoms with van der Waals surface area (Å²) in [5.41, 5.74) is 0. The fourth-order valence-corrected chi connectivity index (χ4v) is 2.37. The molecule has 84 valence electrons. The minimum Gasteiger partial charge on any atom is -0.377 e. The van der Waals surface area contributed by atoms with Gasteiger partial charge in [0.05, 0.1) is 12.7 Å². The largest absolute Gasteiger partial charge is 0.377 e. The highest BCUT2D eigenvalue weighted by atomic mass is 16.5. The Labute approximate surface area is 88.4 Å². The van der Waals surface area contributed by atoms with Gasteiger partial charge < -0.3 is 10.1 Å². The van der Waals surface area contributed by atoms with Crippen LogP contribution >= 0.6 is 0 Å². The molecule has 0 radical (unpaired) electrons. The standard InChI is InChI=1S/C12H25NO/c1-9-5-10(2)7-12(6-9)14-8-11(3)13-4/h9-13H,5-8H2,1-4H3. The van der Waals surface area contributed by atoms with E-state index in [1.165, 1.54) is 19.3 Å². The summed E-state index contributed by atoms with van der Waals surface area (Å²) in [5, 5.41) is 3.20. The average Bonchev–Trinajstić information content (AvgIpc) is 2.12. The fourth-order valence-electron chi connectivity index (χ4n) is 2.37. The van der Waals surface area contributed by atoms with Crippen LogP contribution in [0, 0.1) is 11.8 Å². The van der Waals surface area contributed by atoms with Crippen LogP contribution in [-0.2, 0) is 4.74 Å². The summed E-state index contributed by atoms with van der Waals surface area (Å²) in [6.45, 7) is 7.69. The Kier molecular flexibility index (Phi) is 4.90. The molecule has 0 aromatic rings. The fraction of sp³-hybridized carbons (Fsp3) is 1.00. The maximum absolute atomic E-state index is 5.91. The van der Waals surface area contributed by atoms with E-state index in [9.17, 15) is 0 Å². The lowest BCUT2D eigenvalue weighted by molar-refractivity contribution is -0.00627. The Morgan fingerprint density at radius 3 is 2.29 bits per heavy atom. The molecular weight excluding hydrogens is 174 g/mol. The van der Waals surface area contributed by atoms with Crippen LogP contribution < -0.4 is 5.32 Å². The van der Waals surface area contributed by atoms with Gasteiger partial charge in [0, 0.05) is 6.04 Å². The van der Waals surface area contributed by atoms with Gasteiger partial charge in [-0.3, -0.25) is 0 Å². The van der Waals surface area contributed by atoms with E-state index in [1.54, 1.807) is 0 Å². The maximum Gasteiger partial charge on any atom is 0.0620 e. The van der Waals surface area contributed by atoms with E-state index in [1.807, 2.05) is 7.05 Å². The molecule has 0 amide bonds. The quantitative estimate of drug-likeness (QED) is 0.751. The first-order valence-electron chi connectivity index (χ1n) is 5.90. The van der Waals surface area contributed by atoms with Crippen LogP contribution in [0.25, 0.3) is 0 Å². The molecule has 3 unspecified atom stereocenters. The minimum atomic E-state index is 0.475. The third kappa shape index (κ3) is 3.97. The van der Waals surface area contributed by atoms with Crippen LogP contribution in [0.1, 0.15) is 40.0 Å². The lowest BCUT2D eigenvalue weighted by Crippen LogP contribution is -2.32. The van der Waals surface area contributed by atoms with Gasteiger partial charge in [0.1, 0.15) is 0 Å². The molecule has 1 saturated carbocycles. The summed E-state index contributed by atoms with van der Waals surface area (Å²) >= 11 is 0. The van der Waals surface area contributed by atoms with Gasteiger partial charge in [0.25, 0.3) is 0 Å². The van der Waals surface area contributed by atoms with Crippen molar-refractivity contribution in [2.45, 2.75) is 52.2 Å². The SMILES string of the molecule is CNC(C)COC1CC(C)CC(C)C1. The molecule has 1 aliphatic rings. The van der Waals surface area contributed by atoms with E-state index in [0.717, 1.165) is 18.4 Å². The zero-order valence-corrected chi connectivity index (χ0v) is 10.0. The number of rotatable bonds is 4. The van der Waals surface area contributed by atoms with Gasteiger partial charge >= 0.3 is 0 Å². The van der Waals surface area contributed by atoms with Crippen molar-refractivity contribution in [3.05, 3.63) is 0 Å². The molecule has 0 heterocycles. The van der Waals surface area contributed by atoms with Crippen LogP contribution in [0.2, 0.25) is 0 Å².